The number of aromatic nitrogens is 2. The topological polar surface area (TPSA) is 59.2 Å². The maximum atomic E-state index is 12.3. The standard InChI is InChI=1S/C19H23N3O2/c1-12(2)14-5-3-13(4-6-14)11-22-16(9-10-17(22)23)19-20-18(21-24-19)15-7-8-15/h3-6,12,15-16H,7-11H2,1-2H3. The fourth-order valence-electron chi connectivity index (χ4n) is 3.28. The predicted molar refractivity (Wildman–Crippen MR) is 89.3 cm³/mol. The lowest BCUT2D eigenvalue weighted by atomic mass is 10.0. The quantitative estimate of drug-likeness (QED) is 0.835. The monoisotopic (exact) mass is 325 g/mol. The molecular weight excluding hydrogens is 302 g/mol. The molecule has 1 saturated heterocycles. The third-order valence-electron chi connectivity index (χ3n) is 5.01. The Kier molecular flexibility index (Phi) is 3.87. The lowest BCUT2D eigenvalue weighted by molar-refractivity contribution is -0.129. The van der Waals surface area contributed by atoms with Crippen molar-refractivity contribution in [1.29, 1.82) is 0 Å². The van der Waals surface area contributed by atoms with Crippen LogP contribution in [0.4, 0.5) is 0 Å². The maximum Gasteiger partial charge on any atom is 0.249 e. The summed E-state index contributed by atoms with van der Waals surface area (Å²) in [5.41, 5.74) is 2.45. The lowest BCUT2D eigenvalue weighted by Crippen LogP contribution is -2.27. The van der Waals surface area contributed by atoms with Gasteiger partial charge in [-0.05, 0) is 36.3 Å². The van der Waals surface area contributed by atoms with Crippen LogP contribution >= 0.6 is 0 Å². The molecule has 1 aliphatic carbocycles. The Balaban J connectivity index is 1.51. The van der Waals surface area contributed by atoms with Gasteiger partial charge in [0.15, 0.2) is 5.82 Å². The van der Waals surface area contributed by atoms with Gasteiger partial charge in [0.2, 0.25) is 11.8 Å². The van der Waals surface area contributed by atoms with Crippen molar-refractivity contribution in [3.05, 3.63) is 47.1 Å². The first-order chi connectivity index (χ1) is 11.6. The smallest absolute Gasteiger partial charge is 0.249 e. The summed E-state index contributed by atoms with van der Waals surface area (Å²) >= 11 is 0. The van der Waals surface area contributed by atoms with E-state index in [-0.39, 0.29) is 11.9 Å². The maximum absolute atomic E-state index is 12.3. The van der Waals surface area contributed by atoms with E-state index in [0.29, 0.717) is 30.7 Å². The van der Waals surface area contributed by atoms with Crippen molar-refractivity contribution in [2.75, 3.05) is 0 Å². The van der Waals surface area contributed by atoms with Crippen LogP contribution in [0, 0.1) is 0 Å². The minimum absolute atomic E-state index is 0.0812. The van der Waals surface area contributed by atoms with Crippen LogP contribution in [0.1, 0.15) is 80.3 Å². The summed E-state index contributed by atoms with van der Waals surface area (Å²) < 4.78 is 5.46. The fourth-order valence-corrected chi connectivity index (χ4v) is 3.28. The molecule has 1 aliphatic heterocycles. The molecule has 4 rings (SSSR count). The predicted octanol–water partition coefficient (Wildman–Crippen LogP) is 3.93. The zero-order valence-electron chi connectivity index (χ0n) is 14.2. The molecule has 0 spiro atoms. The van der Waals surface area contributed by atoms with E-state index in [9.17, 15) is 4.79 Å². The second-order valence-corrected chi connectivity index (χ2v) is 7.24. The van der Waals surface area contributed by atoms with E-state index in [4.69, 9.17) is 4.52 Å². The molecule has 1 amide bonds. The molecule has 1 aromatic carbocycles. The SMILES string of the molecule is CC(C)c1ccc(CN2C(=O)CCC2c2nc(C3CC3)no2)cc1. The van der Waals surface area contributed by atoms with Gasteiger partial charge in [-0.1, -0.05) is 43.3 Å². The third kappa shape index (κ3) is 2.95. The van der Waals surface area contributed by atoms with E-state index >= 15 is 0 Å². The molecule has 1 unspecified atom stereocenters. The first-order valence-electron chi connectivity index (χ1n) is 8.83. The number of rotatable bonds is 5. The second-order valence-electron chi connectivity index (χ2n) is 7.24. The highest BCUT2D eigenvalue weighted by atomic mass is 16.5. The lowest BCUT2D eigenvalue weighted by Gasteiger charge is -2.22. The Hall–Kier alpha value is -2.17. The number of benzene rings is 1. The summed E-state index contributed by atoms with van der Waals surface area (Å²) in [6.07, 6.45) is 3.61. The van der Waals surface area contributed by atoms with Gasteiger partial charge in [-0.3, -0.25) is 4.79 Å². The van der Waals surface area contributed by atoms with E-state index in [2.05, 4.69) is 48.3 Å². The van der Waals surface area contributed by atoms with Crippen LogP contribution in [0.5, 0.6) is 0 Å². The molecule has 2 aliphatic rings. The molecule has 1 atom stereocenters. The number of likely N-dealkylation sites (tertiary alicyclic amines) is 1. The van der Waals surface area contributed by atoms with Crippen LogP contribution in [0.3, 0.4) is 0 Å². The Labute approximate surface area is 142 Å². The van der Waals surface area contributed by atoms with Gasteiger partial charge < -0.3 is 9.42 Å². The second kappa shape index (κ2) is 6.04. The molecule has 126 valence electrons. The van der Waals surface area contributed by atoms with Crippen LogP contribution in [-0.2, 0) is 11.3 Å². The van der Waals surface area contributed by atoms with E-state index in [0.717, 1.165) is 30.7 Å². The van der Waals surface area contributed by atoms with Crippen molar-refractivity contribution in [3.63, 3.8) is 0 Å². The molecule has 2 fully saturated rings. The minimum atomic E-state index is -0.0812. The van der Waals surface area contributed by atoms with Gasteiger partial charge in [0, 0.05) is 18.9 Å². The summed E-state index contributed by atoms with van der Waals surface area (Å²) in [5.74, 6) is 2.56. The van der Waals surface area contributed by atoms with Crippen LogP contribution in [0.2, 0.25) is 0 Å². The first kappa shape index (κ1) is 15.4. The van der Waals surface area contributed by atoms with Crippen molar-refractivity contribution in [2.24, 2.45) is 0 Å². The normalized spacial score (nSPS) is 21.0. The van der Waals surface area contributed by atoms with E-state index < -0.39 is 0 Å². The highest BCUT2D eigenvalue weighted by molar-refractivity contribution is 5.78. The zero-order valence-corrected chi connectivity index (χ0v) is 14.2. The Bertz CT molecular complexity index is 731. The highest BCUT2D eigenvalue weighted by Gasteiger charge is 2.37. The van der Waals surface area contributed by atoms with Gasteiger partial charge in [0.05, 0.1) is 0 Å². The summed E-state index contributed by atoms with van der Waals surface area (Å²) in [5, 5.41) is 4.10. The zero-order chi connectivity index (χ0) is 16.7. The molecule has 1 aromatic heterocycles. The van der Waals surface area contributed by atoms with Gasteiger partial charge >= 0.3 is 0 Å². The van der Waals surface area contributed by atoms with Gasteiger partial charge in [-0.25, -0.2) is 0 Å². The Morgan fingerprint density at radius 3 is 2.62 bits per heavy atom. The Morgan fingerprint density at radius 2 is 1.96 bits per heavy atom. The van der Waals surface area contributed by atoms with E-state index in [1.807, 2.05) is 4.90 Å². The van der Waals surface area contributed by atoms with Gasteiger partial charge in [0.1, 0.15) is 6.04 Å². The van der Waals surface area contributed by atoms with E-state index in [1.165, 1.54) is 5.56 Å². The van der Waals surface area contributed by atoms with Crippen LogP contribution in [0.25, 0.3) is 0 Å². The fraction of sp³-hybridized carbons (Fsp3) is 0.526. The van der Waals surface area contributed by atoms with Gasteiger partial charge in [0.25, 0.3) is 0 Å². The largest absolute Gasteiger partial charge is 0.337 e. The van der Waals surface area contributed by atoms with Crippen LogP contribution in [0.15, 0.2) is 28.8 Å². The Morgan fingerprint density at radius 1 is 1.21 bits per heavy atom. The van der Waals surface area contributed by atoms with Gasteiger partial charge in [-0.2, -0.15) is 4.98 Å². The molecule has 1 saturated carbocycles. The van der Waals surface area contributed by atoms with Crippen molar-refractivity contribution in [1.82, 2.24) is 15.0 Å². The number of nitrogens with zero attached hydrogens (tertiary/aromatic N) is 3. The van der Waals surface area contributed by atoms with Crippen LogP contribution < -0.4 is 0 Å². The molecule has 2 heterocycles. The average molecular weight is 325 g/mol. The first-order valence-corrected chi connectivity index (χ1v) is 8.83. The molecule has 0 N–H and O–H groups in total. The van der Waals surface area contributed by atoms with Crippen molar-refractivity contribution < 1.29 is 9.32 Å². The number of hydrogen-bond acceptors (Lipinski definition) is 4. The van der Waals surface area contributed by atoms with Crippen molar-refractivity contribution in [2.45, 2.75) is 64.0 Å². The van der Waals surface area contributed by atoms with E-state index in [1.54, 1.807) is 0 Å². The van der Waals surface area contributed by atoms with Crippen LogP contribution in [-0.4, -0.2) is 20.9 Å². The summed E-state index contributed by atoms with van der Waals surface area (Å²) in [6.45, 7) is 4.97. The van der Waals surface area contributed by atoms with Crippen molar-refractivity contribution >= 4 is 5.91 Å². The molecule has 0 radical (unpaired) electrons. The average Bonchev–Trinajstić information content (AvgIpc) is 3.21. The molecular formula is C19H23N3O2. The molecule has 24 heavy (non-hydrogen) atoms. The number of amides is 1. The van der Waals surface area contributed by atoms with Gasteiger partial charge in [-0.15, -0.1) is 0 Å². The number of carbonyl (C=O) groups is 1. The summed E-state index contributed by atoms with van der Waals surface area (Å²) in [7, 11) is 0. The number of carbonyl (C=O) groups excluding carboxylic acids is 1. The minimum Gasteiger partial charge on any atom is -0.337 e. The van der Waals surface area contributed by atoms with Crippen molar-refractivity contribution in [3.8, 4) is 0 Å². The summed E-state index contributed by atoms with van der Waals surface area (Å²) in [6, 6.07) is 8.44. The molecule has 2 aromatic rings. The highest BCUT2D eigenvalue weighted by Crippen LogP contribution is 2.40. The molecule has 5 heteroatoms. The third-order valence-corrected chi connectivity index (χ3v) is 5.01. The molecule has 0 bridgehead atoms. The number of hydrogen-bond donors (Lipinski definition) is 0. The summed E-state index contributed by atoms with van der Waals surface area (Å²) in [4.78, 5) is 18.8. The molecule has 5 nitrogen and oxygen atoms in total.